The van der Waals surface area contributed by atoms with Crippen LogP contribution in [-0.4, -0.2) is 23.8 Å². The number of amides is 1. The maximum atomic E-state index is 12.2. The highest BCUT2D eigenvalue weighted by Crippen LogP contribution is 2.20. The molecule has 1 amide bonds. The van der Waals surface area contributed by atoms with Crippen LogP contribution in [0, 0.1) is 20.8 Å². The van der Waals surface area contributed by atoms with Crippen molar-refractivity contribution >= 4 is 12.1 Å². The van der Waals surface area contributed by atoms with Gasteiger partial charge in [0.25, 0.3) is 5.91 Å². The van der Waals surface area contributed by atoms with Gasteiger partial charge in [0.1, 0.15) is 5.75 Å². The monoisotopic (exact) mass is 361 g/mol. The lowest BCUT2D eigenvalue weighted by Crippen LogP contribution is -2.17. The van der Waals surface area contributed by atoms with Crippen LogP contribution in [0.2, 0.25) is 0 Å². The first kappa shape index (κ1) is 18.5. The third kappa shape index (κ3) is 4.08. The highest BCUT2D eigenvalue weighted by molar-refractivity contribution is 5.95. The average molecular weight is 361 g/mol. The molecule has 0 aliphatic rings. The molecule has 0 saturated heterocycles. The first-order valence-corrected chi connectivity index (χ1v) is 8.73. The van der Waals surface area contributed by atoms with Crippen molar-refractivity contribution in [1.29, 1.82) is 0 Å². The van der Waals surface area contributed by atoms with Crippen LogP contribution in [0.3, 0.4) is 0 Å². The summed E-state index contributed by atoms with van der Waals surface area (Å²) in [6.45, 7) is 6.18. The number of ether oxygens (including phenoxy) is 1. The number of hydrogen-bond donors (Lipinski definition) is 1. The normalized spacial score (nSPS) is 11.0. The van der Waals surface area contributed by atoms with E-state index in [-0.39, 0.29) is 5.91 Å². The highest BCUT2D eigenvalue weighted by Gasteiger charge is 2.10. The fraction of sp³-hybridized carbons (Fsp3) is 0.182. The van der Waals surface area contributed by atoms with Crippen molar-refractivity contribution in [2.45, 2.75) is 20.8 Å². The summed E-state index contributed by atoms with van der Waals surface area (Å²) in [4.78, 5) is 12.2. The van der Waals surface area contributed by atoms with Gasteiger partial charge in [-0.1, -0.05) is 18.2 Å². The van der Waals surface area contributed by atoms with E-state index in [4.69, 9.17) is 4.74 Å². The largest absolute Gasteiger partial charge is 0.497 e. The second kappa shape index (κ2) is 7.91. The van der Waals surface area contributed by atoms with E-state index in [2.05, 4.69) is 53.2 Å². The van der Waals surface area contributed by atoms with Gasteiger partial charge in [-0.05, 0) is 62.7 Å². The standard InChI is InChI=1S/C22H23N3O2/c1-15-7-5-9-20(11-15)25-16(2)12-19(17(25)3)14-23-24-22(26)18-8-6-10-21(13-18)27-4/h5-14H,1-4H3,(H,24,26)/b23-14-. The van der Waals surface area contributed by atoms with Crippen molar-refractivity contribution in [3.63, 3.8) is 0 Å². The van der Waals surface area contributed by atoms with Gasteiger partial charge in [0.15, 0.2) is 0 Å². The Labute approximate surface area is 159 Å². The van der Waals surface area contributed by atoms with Crippen LogP contribution in [0.4, 0.5) is 0 Å². The molecule has 0 aliphatic carbocycles. The van der Waals surface area contributed by atoms with Crippen LogP contribution in [-0.2, 0) is 0 Å². The van der Waals surface area contributed by atoms with Gasteiger partial charge in [-0.2, -0.15) is 5.10 Å². The summed E-state index contributed by atoms with van der Waals surface area (Å²) in [5.74, 6) is 0.353. The van der Waals surface area contributed by atoms with Crippen molar-refractivity contribution in [3.05, 3.63) is 82.7 Å². The Kier molecular flexibility index (Phi) is 5.41. The van der Waals surface area contributed by atoms with E-state index in [1.165, 1.54) is 5.56 Å². The number of benzene rings is 2. The molecule has 1 aromatic heterocycles. The molecule has 0 atom stereocenters. The van der Waals surface area contributed by atoms with Crippen molar-refractivity contribution in [1.82, 2.24) is 9.99 Å². The van der Waals surface area contributed by atoms with Crippen molar-refractivity contribution in [3.8, 4) is 11.4 Å². The highest BCUT2D eigenvalue weighted by atomic mass is 16.5. The van der Waals surface area contributed by atoms with Gasteiger partial charge in [-0.15, -0.1) is 0 Å². The third-order valence-corrected chi connectivity index (χ3v) is 4.43. The van der Waals surface area contributed by atoms with Crippen molar-refractivity contribution in [2.24, 2.45) is 5.10 Å². The molecule has 0 unspecified atom stereocenters. The van der Waals surface area contributed by atoms with Crippen LogP contribution >= 0.6 is 0 Å². The van der Waals surface area contributed by atoms with Gasteiger partial charge in [0.05, 0.1) is 13.3 Å². The quantitative estimate of drug-likeness (QED) is 0.548. The smallest absolute Gasteiger partial charge is 0.271 e. The molecule has 5 heteroatoms. The molecule has 1 heterocycles. The summed E-state index contributed by atoms with van der Waals surface area (Å²) >= 11 is 0. The minimum atomic E-state index is -0.280. The Morgan fingerprint density at radius 1 is 1.07 bits per heavy atom. The number of nitrogens with zero attached hydrogens (tertiary/aromatic N) is 2. The predicted octanol–water partition coefficient (Wildman–Crippen LogP) is 4.18. The lowest BCUT2D eigenvalue weighted by Gasteiger charge is -2.10. The predicted molar refractivity (Wildman–Crippen MR) is 108 cm³/mol. The number of hydrogen-bond acceptors (Lipinski definition) is 3. The van der Waals surface area contributed by atoms with Crippen LogP contribution in [0.15, 0.2) is 59.7 Å². The molecular weight excluding hydrogens is 338 g/mol. The molecule has 3 rings (SSSR count). The first-order valence-electron chi connectivity index (χ1n) is 8.73. The van der Waals surface area contributed by atoms with Crippen LogP contribution in [0.5, 0.6) is 5.75 Å². The second-order valence-electron chi connectivity index (χ2n) is 6.43. The molecule has 0 aliphatic heterocycles. The Morgan fingerprint density at radius 2 is 1.85 bits per heavy atom. The Morgan fingerprint density at radius 3 is 2.59 bits per heavy atom. The average Bonchev–Trinajstić information content (AvgIpc) is 2.95. The molecule has 2 aromatic carbocycles. The number of aromatic nitrogens is 1. The van der Waals surface area contributed by atoms with Crippen LogP contribution in [0.25, 0.3) is 5.69 Å². The summed E-state index contributed by atoms with van der Waals surface area (Å²) < 4.78 is 7.32. The first-order chi connectivity index (χ1) is 13.0. The van der Waals surface area contributed by atoms with E-state index < -0.39 is 0 Å². The summed E-state index contributed by atoms with van der Waals surface area (Å²) in [7, 11) is 1.57. The molecule has 138 valence electrons. The number of carbonyl (C=O) groups is 1. The fourth-order valence-corrected chi connectivity index (χ4v) is 3.07. The van der Waals surface area contributed by atoms with Crippen LogP contribution in [0.1, 0.15) is 32.9 Å². The van der Waals surface area contributed by atoms with E-state index in [0.29, 0.717) is 11.3 Å². The lowest BCUT2D eigenvalue weighted by molar-refractivity contribution is 0.0955. The number of methoxy groups -OCH3 is 1. The van der Waals surface area contributed by atoms with Gasteiger partial charge in [-0.3, -0.25) is 4.79 Å². The topological polar surface area (TPSA) is 55.6 Å². The fourth-order valence-electron chi connectivity index (χ4n) is 3.07. The maximum Gasteiger partial charge on any atom is 0.271 e. The third-order valence-electron chi connectivity index (χ3n) is 4.43. The van der Waals surface area contributed by atoms with Gasteiger partial charge < -0.3 is 9.30 Å². The van der Waals surface area contributed by atoms with Gasteiger partial charge in [0.2, 0.25) is 0 Å². The second-order valence-corrected chi connectivity index (χ2v) is 6.43. The molecule has 0 radical (unpaired) electrons. The maximum absolute atomic E-state index is 12.2. The number of nitrogens with one attached hydrogen (secondary N) is 1. The zero-order chi connectivity index (χ0) is 19.4. The van der Waals surface area contributed by atoms with E-state index in [1.807, 2.05) is 13.0 Å². The summed E-state index contributed by atoms with van der Waals surface area (Å²) in [6, 6.07) is 17.4. The number of rotatable bonds is 5. The molecule has 5 nitrogen and oxygen atoms in total. The molecule has 0 bridgehead atoms. The van der Waals surface area contributed by atoms with Crippen molar-refractivity contribution in [2.75, 3.05) is 7.11 Å². The van der Waals surface area contributed by atoms with Gasteiger partial charge in [0, 0.05) is 28.2 Å². The van der Waals surface area contributed by atoms with Gasteiger partial charge in [-0.25, -0.2) is 5.43 Å². The molecule has 1 N–H and O–H groups in total. The van der Waals surface area contributed by atoms with Gasteiger partial charge >= 0.3 is 0 Å². The summed E-state index contributed by atoms with van der Waals surface area (Å²) in [6.07, 6.45) is 1.67. The molecule has 0 fully saturated rings. The summed E-state index contributed by atoms with van der Waals surface area (Å²) in [5.41, 5.74) is 8.53. The summed E-state index contributed by atoms with van der Waals surface area (Å²) in [5, 5.41) is 4.12. The molecular formula is C22H23N3O2. The number of aryl methyl sites for hydroxylation is 2. The molecule has 0 spiro atoms. The molecule has 3 aromatic rings. The van der Waals surface area contributed by atoms with E-state index in [0.717, 1.165) is 22.6 Å². The SMILES string of the molecule is COc1cccc(C(=O)N/N=C\c2cc(C)n(-c3cccc(C)c3)c2C)c1. The zero-order valence-corrected chi connectivity index (χ0v) is 16.0. The van der Waals surface area contributed by atoms with E-state index in [9.17, 15) is 4.79 Å². The van der Waals surface area contributed by atoms with E-state index in [1.54, 1.807) is 37.6 Å². The lowest BCUT2D eigenvalue weighted by atomic mass is 10.2. The van der Waals surface area contributed by atoms with Crippen molar-refractivity contribution < 1.29 is 9.53 Å². The Hall–Kier alpha value is -3.34. The van der Waals surface area contributed by atoms with Crippen LogP contribution < -0.4 is 10.2 Å². The Bertz CT molecular complexity index is 1000. The molecule has 27 heavy (non-hydrogen) atoms. The zero-order valence-electron chi connectivity index (χ0n) is 16.0. The Balaban J connectivity index is 1.78. The number of carbonyl (C=O) groups excluding carboxylic acids is 1. The number of hydrazone groups is 1. The minimum absolute atomic E-state index is 0.280. The molecule has 0 saturated carbocycles. The van der Waals surface area contributed by atoms with E-state index >= 15 is 0 Å². The minimum Gasteiger partial charge on any atom is -0.497 e.